The normalized spacial score (nSPS) is 11.6. The SMILES string of the molecule is C(=C\c1cccc2ccc3cccnc3c12)/c1ccco1. The molecular formula is C19H13NO. The van der Waals surface area contributed by atoms with Gasteiger partial charge in [-0.05, 0) is 35.2 Å². The molecule has 0 spiro atoms. The number of aromatic nitrogens is 1. The summed E-state index contributed by atoms with van der Waals surface area (Å²) < 4.78 is 5.35. The first kappa shape index (κ1) is 11.9. The van der Waals surface area contributed by atoms with Crippen molar-refractivity contribution in [2.45, 2.75) is 0 Å². The van der Waals surface area contributed by atoms with Crippen LogP contribution in [0.4, 0.5) is 0 Å². The Morgan fingerprint density at radius 2 is 1.71 bits per heavy atom. The van der Waals surface area contributed by atoms with Gasteiger partial charge in [0.2, 0.25) is 0 Å². The summed E-state index contributed by atoms with van der Waals surface area (Å²) in [6, 6.07) is 18.4. The van der Waals surface area contributed by atoms with E-state index in [1.165, 1.54) is 10.8 Å². The summed E-state index contributed by atoms with van der Waals surface area (Å²) in [5.74, 6) is 0.847. The summed E-state index contributed by atoms with van der Waals surface area (Å²) in [5.41, 5.74) is 2.18. The molecule has 100 valence electrons. The quantitative estimate of drug-likeness (QED) is 0.471. The highest BCUT2D eigenvalue weighted by atomic mass is 16.3. The van der Waals surface area contributed by atoms with Crippen molar-refractivity contribution < 1.29 is 4.42 Å². The van der Waals surface area contributed by atoms with E-state index in [9.17, 15) is 0 Å². The Morgan fingerprint density at radius 3 is 2.62 bits per heavy atom. The fourth-order valence-electron chi connectivity index (χ4n) is 2.64. The minimum Gasteiger partial charge on any atom is -0.465 e. The second-order valence-corrected chi connectivity index (χ2v) is 4.93. The number of benzene rings is 2. The Kier molecular flexibility index (Phi) is 2.79. The maximum absolute atomic E-state index is 5.35. The third kappa shape index (κ3) is 2.11. The molecule has 21 heavy (non-hydrogen) atoms. The molecule has 4 rings (SSSR count). The van der Waals surface area contributed by atoms with Crippen LogP contribution in [-0.4, -0.2) is 4.98 Å². The molecule has 0 N–H and O–H groups in total. The number of furan rings is 1. The van der Waals surface area contributed by atoms with Gasteiger partial charge in [0.1, 0.15) is 5.76 Å². The first-order chi connectivity index (χ1) is 10.4. The van der Waals surface area contributed by atoms with Crippen molar-refractivity contribution in [3.63, 3.8) is 0 Å². The molecule has 2 heterocycles. The maximum Gasteiger partial charge on any atom is 0.126 e. The van der Waals surface area contributed by atoms with Gasteiger partial charge in [0.05, 0.1) is 11.8 Å². The lowest BCUT2D eigenvalue weighted by Gasteiger charge is -2.06. The molecule has 0 atom stereocenters. The van der Waals surface area contributed by atoms with E-state index in [-0.39, 0.29) is 0 Å². The molecule has 0 aliphatic carbocycles. The topological polar surface area (TPSA) is 26.0 Å². The number of fused-ring (bicyclic) bond motifs is 3. The molecule has 0 amide bonds. The van der Waals surface area contributed by atoms with Crippen molar-refractivity contribution in [3.05, 3.63) is 78.4 Å². The van der Waals surface area contributed by atoms with E-state index in [1.807, 2.05) is 30.5 Å². The van der Waals surface area contributed by atoms with E-state index in [4.69, 9.17) is 4.42 Å². The molecule has 0 bridgehead atoms. The molecule has 0 aliphatic heterocycles. The summed E-state index contributed by atoms with van der Waals surface area (Å²) >= 11 is 0. The Hall–Kier alpha value is -2.87. The summed E-state index contributed by atoms with van der Waals surface area (Å²) in [6.45, 7) is 0. The van der Waals surface area contributed by atoms with Gasteiger partial charge in [-0.25, -0.2) is 0 Å². The predicted molar refractivity (Wildman–Crippen MR) is 86.9 cm³/mol. The predicted octanol–water partition coefficient (Wildman–Crippen LogP) is 5.15. The van der Waals surface area contributed by atoms with Gasteiger partial charge in [-0.15, -0.1) is 0 Å². The van der Waals surface area contributed by atoms with Gasteiger partial charge in [-0.1, -0.05) is 42.5 Å². The van der Waals surface area contributed by atoms with Crippen LogP contribution in [0.5, 0.6) is 0 Å². The van der Waals surface area contributed by atoms with Crippen molar-refractivity contribution in [3.8, 4) is 0 Å². The number of rotatable bonds is 2. The Labute approximate surface area is 122 Å². The molecule has 0 fully saturated rings. The smallest absolute Gasteiger partial charge is 0.126 e. The highest BCUT2D eigenvalue weighted by Crippen LogP contribution is 2.28. The van der Waals surface area contributed by atoms with Crippen LogP contribution in [0.25, 0.3) is 33.8 Å². The van der Waals surface area contributed by atoms with E-state index in [2.05, 4.69) is 47.5 Å². The van der Waals surface area contributed by atoms with Crippen molar-refractivity contribution >= 4 is 33.8 Å². The first-order valence-electron chi connectivity index (χ1n) is 6.90. The third-order valence-corrected chi connectivity index (χ3v) is 3.62. The molecule has 0 saturated carbocycles. The van der Waals surface area contributed by atoms with Gasteiger partial charge in [0, 0.05) is 17.0 Å². The first-order valence-corrected chi connectivity index (χ1v) is 6.90. The van der Waals surface area contributed by atoms with E-state index in [0.717, 1.165) is 22.2 Å². The van der Waals surface area contributed by atoms with Crippen molar-refractivity contribution in [2.24, 2.45) is 0 Å². The van der Waals surface area contributed by atoms with Crippen molar-refractivity contribution in [1.82, 2.24) is 4.98 Å². The van der Waals surface area contributed by atoms with Gasteiger partial charge in [-0.3, -0.25) is 4.98 Å². The largest absolute Gasteiger partial charge is 0.465 e. The van der Waals surface area contributed by atoms with Crippen LogP contribution in [0.1, 0.15) is 11.3 Å². The van der Waals surface area contributed by atoms with Crippen molar-refractivity contribution in [2.75, 3.05) is 0 Å². The van der Waals surface area contributed by atoms with Crippen molar-refractivity contribution in [1.29, 1.82) is 0 Å². The average molecular weight is 271 g/mol. The lowest BCUT2D eigenvalue weighted by atomic mass is 10.0. The van der Waals surface area contributed by atoms with E-state index >= 15 is 0 Å². The van der Waals surface area contributed by atoms with Gasteiger partial charge >= 0.3 is 0 Å². The zero-order valence-electron chi connectivity index (χ0n) is 11.4. The Balaban J connectivity index is 1.98. The van der Waals surface area contributed by atoms with Crippen LogP contribution in [0.2, 0.25) is 0 Å². The summed E-state index contributed by atoms with van der Waals surface area (Å²) in [6.07, 6.45) is 7.58. The fraction of sp³-hybridized carbons (Fsp3) is 0. The molecule has 0 unspecified atom stereocenters. The Morgan fingerprint density at radius 1 is 0.810 bits per heavy atom. The minimum absolute atomic E-state index is 0.847. The molecule has 0 aliphatic rings. The monoisotopic (exact) mass is 271 g/mol. The summed E-state index contributed by atoms with van der Waals surface area (Å²) in [4.78, 5) is 4.56. The fourth-order valence-corrected chi connectivity index (χ4v) is 2.64. The molecule has 2 heteroatoms. The van der Waals surface area contributed by atoms with Gasteiger partial charge in [0.15, 0.2) is 0 Å². The van der Waals surface area contributed by atoms with E-state index < -0.39 is 0 Å². The van der Waals surface area contributed by atoms with E-state index in [0.29, 0.717) is 0 Å². The zero-order valence-corrected chi connectivity index (χ0v) is 11.4. The van der Waals surface area contributed by atoms with Crippen LogP contribution in [0, 0.1) is 0 Å². The average Bonchev–Trinajstić information content (AvgIpc) is 3.06. The van der Waals surface area contributed by atoms with Crippen LogP contribution >= 0.6 is 0 Å². The third-order valence-electron chi connectivity index (χ3n) is 3.62. The minimum atomic E-state index is 0.847. The lowest BCUT2D eigenvalue weighted by molar-refractivity contribution is 0.557. The number of hydrogen-bond donors (Lipinski definition) is 0. The summed E-state index contributed by atoms with van der Waals surface area (Å²) in [7, 11) is 0. The highest BCUT2D eigenvalue weighted by Gasteiger charge is 2.04. The van der Waals surface area contributed by atoms with Gasteiger partial charge in [0.25, 0.3) is 0 Å². The molecule has 2 aromatic heterocycles. The number of pyridine rings is 1. The molecular weight excluding hydrogens is 258 g/mol. The number of hydrogen-bond acceptors (Lipinski definition) is 2. The van der Waals surface area contributed by atoms with E-state index in [1.54, 1.807) is 6.26 Å². The maximum atomic E-state index is 5.35. The second kappa shape index (κ2) is 4.91. The molecule has 2 nitrogen and oxygen atoms in total. The molecule has 0 saturated heterocycles. The Bertz CT molecular complexity index is 936. The summed E-state index contributed by atoms with van der Waals surface area (Å²) in [5, 5.41) is 3.53. The van der Waals surface area contributed by atoms with Gasteiger partial charge < -0.3 is 4.42 Å². The molecule has 4 aromatic rings. The standard InChI is InChI=1S/C19H13NO/c1-4-14-8-9-16-6-2-12-20-19(16)18(14)15(5-1)10-11-17-7-3-13-21-17/h1-13H/b11-10+. The lowest BCUT2D eigenvalue weighted by Crippen LogP contribution is -1.84. The van der Waals surface area contributed by atoms with Crippen LogP contribution < -0.4 is 0 Å². The molecule has 0 radical (unpaired) electrons. The van der Waals surface area contributed by atoms with Crippen LogP contribution in [0.3, 0.4) is 0 Å². The second-order valence-electron chi connectivity index (χ2n) is 4.93. The number of nitrogens with zero attached hydrogens (tertiary/aromatic N) is 1. The van der Waals surface area contributed by atoms with Crippen LogP contribution in [0.15, 0.2) is 71.5 Å². The zero-order chi connectivity index (χ0) is 14.1. The highest BCUT2D eigenvalue weighted by molar-refractivity contribution is 6.09. The van der Waals surface area contributed by atoms with Gasteiger partial charge in [-0.2, -0.15) is 0 Å². The van der Waals surface area contributed by atoms with Crippen LogP contribution in [-0.2, 0) is 0 Å². The molecule has 2 aromatic carbocycles.